The minimum atomic E-state index is -3.85. The van der Waals surface area contributed by atoms with E-state index in [1.165, 1.54) is 7.11 Å². The molecule has 1 rings (SSSR count). The van der Waals surface area contributed by atoms with E-state index in [-0.39, 0.29) is 6.61 Å². The van der Waals surface area contributed by atoms with Gasteiger partial charge < -0.3 is 14.3 Å². The average molecular weight is 263 g/mol. The number of aromatic carboxylic acids is 1. The van der Waals surface area contributed by atoms with Crippen LogP contribution in [0.5, 0.6) is 0 Å². The highest BCUT2D eigenvalue weighted by molar-refractivity contribution is 7.89. The molecule has 8 heteroatoms. The number of hydrogen-bond acceptors (Lipinski definition) is 5. The number of rotatable bonds is 6. The maximum absolute atomic E-state index is 11.7. The van der Waals surface area contributed by atoms with Crippen molar-refractivity contribution in [2.45, 2.75) is 18.1 Å². The Morgan fingerprint density at radius 2 is 2.24 bits per heavy atom. The summed E-state index contributed by atoms with van der Waals surface area (Å²) in [6.07, 6.45) is 0. The summed E-state index contributed by atoms with van der Waals surface area (Å²) in [4.78, 5) is 10.5. The van der Waals surface area contributed by atoms with Crippen molar-refractivity contribution in [2.24, 2.45) is 0 Å². The lowest BCUT2D eigenvalue weighted by Crippen LogP contribution is -2.35. The summed E-state index contributed by atoms with van der Waals surface area (Å²) in [5, 5.41) is 8.17. The molecule has 96 valence electrons. The van der Waals surface area contributed by atoms with Gasteiger partial charge in [0.25, 0.3) is 10.0 Å². The van der Waals surface area contributed by atoms with E-state index in [0.717, 1.165) is 12.1 Å². The Morgan fingerprint density at radius 1 is 1.59 bits per heavy atom. The molecule has 0 spiro atoms. The zero-order valence-corrected chi connectivity index (χ0v) is 10.2. The number of carbonyl (C=O) groups is 1. The molecule has 0 fully saturated rings. The topological polar surface area (TPSA) is 106 Å². The van der Waals surface area contributed by atoms with Gasteiger partial charge in [0.15, 0.2) is 0 Å². The molecule has 7 nitrogen and oxygen atoms in total. The Balaban J connectivity index is 2.86. The third kappa shape index (κ3) is 3.55. The molecule has 1 unspecified atom stereocenters. The minimum Gasteiger partial charge on any atom is -0.475 e. The first-order valence-corrected chi connectivity index (χ1v) is 6.19. The summed E-state index contributed by atoms with van der Waals surface area (Å²) in [5.41, 5.74) is 0. The lowest BCUT2D eigenvalue weighted by Gasteiger charge is -2.11. The quantitative estimate of drug-likeness (QED) is 0.764. The second-order valence-electron chi connectivity index (χ2n) is 3.40. The van der Waals surface area contributed by atoms with Gasteiger partial charge in [-0.25, -0.2) is 17.9 Å². The van der Waals surface area contributed by atoms with Crippen LogP contribution in [0, 0.1) is 0 Å². The van der Waals surface area contributed by atoms with Gasteiger partial charge in [-0.2, -0.15) is 0 Å². The third-order valence-electron chi connectivity index (χ3n) is 1.83. The number of carboxylic acid groups (broad SMARTS) is 1. The van der Waals surface area contributed by atoms with Gasteiger partial charge >= 0.3 is 5.97 Å². The molecule has 1 aromatic rings. The first-order chi connectivity index (χ1) is 7.86. The van der Waals surface area contributed by atoms with E-state index in [9.17, 15) is 13.2 Å². The van der Waals surface area contributed by atoms with Gasteiger partial charge in [0.2, 0.25) is 10.9 Å². The minimum absolute atomic E-state index is 0.200. The monoisotopic (exact) mass is 263 g/mol. The maximum Gasteiger partial charge on any atom is 0.371 e. The largest absolute Gasteiger partial charge is 0.475 e. The standard InChI is InChI=1S/C9H13NO6S/c1-6(5-15-2)10-17(13,14)8-4-3-7(16-8)9(11)12/h3-4,6,10H,5H2,1-2H3,(H,11,12). The lowest BCUT2D eigenvalue weighted by molar-refractivity contribution is 0.0656. The average Bonchev–Trinajstić information content (AvgIpc) is 2.65. The Morgan fingerprint density at radius 3 is 2.71 bits per heavy atom. The molecule has 0 saturated carbocycles. The Bertz CT molecular complexity index is 491. The molecule has 0 amide bonds. The number of furan rings is 1. The summed E-state index contributed by atoms with van der Waals surface area (Å²) in [7, 11) is -2.41. The Kier molecular flexibility index (Phi) is 4.27. The summed E-state index contributed by atoms with van der Waals surface area (Å²) >= 11 is 0. The predicted octanol–water partition coefficient (Wildman–Crippen LogP) is 0.291. The zero-order valence-electron chi connectivity index (χ0n) is 9.34. The van der Waals surface area contributed by atoms with E-state index < -0.39 is 32.9 Å². The number of nitrogens with one attached hydrogen (secondary N) is 1. The number of hydrogen-bond donors (Lipinski definition) is 2. The van der Waals surface area contributed by atoms with Crippen LogP contribution in [0.1, 0.15) is 17.5 Å². The van der Waals surface area contributed by atoms with Crippen molar-refractivity contribution in [1.82, 2.24) is 4.72 Å². The van der Waals surface area contributed by atoms with E-state index in [1.807, 2.05) is 0 Å². The molecule has 1 heterocycles. The van der Waals surface area contributed by atoms with Gasteiger partial charge in [-0.05, 0) is 19.1 Å². The fourth-order valence-electron chi connectivity index (χ4n) is 1.19. The van der Waals surface area contributed by atoms with Crippen LogP contribution >= 0.6 is 0 Å². The van der Waals surface area contributed by atoms with Crippen LogP contribution in [0.25, 0.3) is 0 Å². The number of ether oxygens (including phenoxy) is 1. The van der Waals surface area contributed by atoms with Gasteiger partial charge in [0, 0.05) is 13.2 Å². The highest BCUT2D eigenvalue weighted by Crippen LogP contribution is 2.14. The zero-order chi connectivity index (χ0) is 13.1. The molecule has 0 bridgehead atoms. The normalized spacial score (nSPS) is 13.5. The highest BCUT2D eigenvalue weighted by Gasteiger charge is 2.22. The Hall–Kier alpha value is -1.38. The lowest BCUT2D eigenvalue weighted by atomic mass is 10.4. The van der Waals surface area contributed by atoms with Gasteiger partial charge in [-0.1, -0.05) is 0 Å². The first kappa shape index (κ1) is 13.7. The predicted molar refractivity (Wildman–Crippen MR) is 57.3 cm³/mol. The van der Waals surface area contributed by atoms with Crippen molar-refractivity contribution in [2.75, 3.05) is 13.7 Å². The van der Waals surface area contributed by atoms with Crippen LogP contribution in [-0.2, 0) is 14.8 Å². The molecule has 0 aromatic carbocycles. The van der Waals surface area contributed by atoms with E-state index in [0.29, 0.717) is 0 Å². The molecule has 0 aliphatic rings. The summed E-state index contributed by atoms with van der Waals surface area (Å²) in [5.74, 6) is -1.75. The number of methoxy groups -OCH3 is 1. The SMILES string of the molecule is COCC(C)NS(=O)(=O)c1ccc(C(=O)O)o1. The van der Waals surface area contributed by atoms with Crippen molar-refractivity contribution in [3.63, 3.8) is 0 Å². The third-order valence-corrected chi connectivity index (χ3v) is 3.29. The number of sulfonamides is 1. The van der Waals surface area contributed by atoms with Crippen molar-refractivity contribution >= 4 is 16.0 Å². The Labute approximate surface area is 98.4 Å². The highest BCUT2D eigenvalue weighted by atomic mass is 32.2. The fraction of sp³-hybridized carbons (Fsp3) is 0.444. The van der Waals surface area contributed by atoms with Crippen LogP contribution < -0.4 is 4.72 Å². The van der Waals surface area contributed by atoms with E-state index in [4.69, 9.17) is 14.3 Å². The molecule has 1 aromatic heterocycles. The van der Waals surface area contributed by atoms with Gasteiger partial charge in [0.1, 0.15) is 0 Å². The molecule has 0 aliphatic heterocycles. The molecule has 1 atom stereocenters. The van der Waals surface area contributed by atoms with Crippen molar-refractivity contribution < 1.29 is 27.5 Å². The van der Waals surface area contributed by atoms with Crippen molar-refractivity contribution in [3.8, 4) is 0 Å². The fourth-order valence-corrected chi connectivity index (χ4v) is 2.35. The van der Waals surface area contributed by atoms with Crippen LogP contribution in [0.15, 0.2) is 21.6 Å². The van der Waals surface area contributed by atoms with Crippen LogP contribution in [-0.4, -0.2) is 39.3 Å². The second-order valence-corrected chi connectivity index (χ2v) is 5.05. The molecule has 0 radical (unpaired) electrons. The molecule has 0 aliphatic carbocycles. The summed E-state index contributed by atoms with van der Waals surface area (Å²) < 4.78 is 35.2. The molecule has 17 heavy (non-hydrogen) atoms. The molecule has 2 N–H and O–H groups in total. The summed E-state index contributed by atoms with van der Waals surface area (Å²) in [6.45, 7) is 1.81. The van der Waals surface area contributed by atoms with E-state index >= 15 is 0 Å². The van der Waals surface area contributed by atoms with Gasteiger partial charge in [0.05, 0.1) is 6.61 Å². The summed E-state index contributed by atoms with van der Waals surface area (Å²) in [6, 6.07) is 1.73. The van der Waals surface area contributed by atoms with E-state index in [1.54, 1.807) is 6.92 Å². The smallest absolute Gasteiger partial charge is 0.371 e. The molecule has 0 saturated heterocycles. The molecular formula is C9H13NO6S. The van der Waals surface area contributed by atoms with Crippen LogP contribution in [0.3, 0.4) is 0 Å². The van der Waals surface area contributed by atoms with E-state index in [2.05, 4.69) is 4.72 Å². The first-order valence-electron chi connectivity index (χ1n) is 4.71. The maximum atomic E-state index is 11.7. The van der Waals surface area contributed by atoms with Gasteiger partial charge in [-0.15, -0.1) is 0 Å². The molecular weight excluding hydrogens is 250 g/mol. The van der Waals surface area contributed by atoms with Crippen molar-refractivity contribution in [3.05, 3.63) is 17.9 Å². The van der Waals surface area contributed by atoms with Crippen molar-refractivity contribution in [1.29, 1.82) is 0 Å². The van der Waals surface area contributed by atoms with Gasteiger partial charge in [-0.3, -0.25) is 0 Å². The second kappa shape index (κ2) is 5.30. The van der Waals surface area contributed by atoms with Crippen LogP contribution in [0.4, 0.5) is 0 Å². The van der Waals surface area contributed by atoms with Crippen LogP contribution in [0.2, 0.25) is 0 Å². The number of carboxylic acids is 1.